The van der Waals surface area contributed by atoms with Crippen LogP contribution in [0.15, 0.2) is 42.5 Å². The Hall–Kier alpha value is -2.27. The molecular formula is C17H15ClFNO3. The second-order valence-corrected chi connectivity index (χ2v) is 5.67. The third-order valence-corrected chi connectivity index (χ3v) is 3.74. The summed E-state index contributed by atoms with van der Waals surface area (Å²) in [5.74, 6) is 0.252. The summed E-state index contributed by atoms with van der Waals surface area (Å²) in [6, 6.07) is 11.0. The van der Waals surface area contributed by atoms with Crippen LogP contribution in [0.25, 0.3) is 0 Å². The largest absolute Gasteiger partial charge is 0.487 e. The lowest BCUT2D eigenvalue weighted by atomic mass is 10.2. The van der Waals surface area contributed by atoms with Crippen LogP contribution < -0.4 is 14.8 Å². The number of amides is 1. The van der Waals surface area contributed by atoms with Crippen molar-refractivity contribution in [3.8, 4) is 17.2 Å². The van der Waals surface area contributed by atoms with E-state index in [1.165, 1.54) is 6.07 Å². The highest BCUT2D eigenvalue weighted by Gasteiger charge is 2.22. The van der Waals surface area contributed by atoms with E-state index in [0.29, 0.717) is 29.4 Å². The van der Waals surface area contributed by atoms with Gasteiger partial charge in [0.25, 0.3) is 0 Å². The predicted octanol–water partition coefficient (Wildman–Crippen LogP) is 3.93. The zero-order valence-corrected chi connectivity index (χ0v) is 13.0. The van der Waals surface area contributed by atoms with Gasteiger partial charge in [0.05, 0.1) is 6.04 Å². The predicted molar refractivity (Wildman–Crippen MR) is 84.6 cm³/mol. The van der Waals surface area contributed by atoms with E-state index in [0.717, 1.165) is 0 Å². The molecule has 0 aliphatic carbocycles. The minimum Gasteiger partial charge on any atom is -0.487 e. The Kier molecular flexibility index (Phi) is 4.67. The van der Waals surface area contributed by atoms with Crippen molar-refractivity contribution in [3.63, 3.8) is 0 Å². The zero-order chi connectivity index (χ0) is 16.2. The first-order valence-electron chi connectivity index (χ1n) is 7.26. The number of ether oxygens (including phenoxy) is 2. The minimum absolute atomic E-state index is 0.00970. The summed E-state index contributed by atoms with van der Waals surface area (Å²) < 4.78 is 25.3. The molecule has 2 aromatic carbocycles. The number of carbonyl (C=O) groups is 1. The summed E-state index contributed by atoms with van der Waals surface area (Å²) in [4.78, 5) is 11.2. The summed E-state index contributed by atoms with van der Waals surface area (Å²) in [6.07, 6.45) is 1.20. The molecule has 120 valence electrons. The molecule has 0 saturated carbocycles. The molecule has 1 saturated heterocycles. The van der Waals surface area contributed by atoms with Crippen molar-refractivity contribution in [1.29, 1.82) is 0 Å². The standard InChI is InChI=1S/C17H15ClFNO3/c18-11-4-7-13(8-5-11)23-17-14(19)2-1-3-15(17)22-10-12-6-9-16(21)20-12/h1-5,7-8,12H,6,9-10H2,(H,20,21)/t12-/m0/s1. The first kappa shape index (κ1) is 15.6. The normalized spacial score (nSPS) is 17.0. The molecule has 1 N–H and O–H groups in total. The number of nitrogens with one attached hydrogen (secondary N) is 1. The number of halogens is 2. The highest BCUT2D eigenvalue weighted by molar-refractivity contribution is 6.30. The molecule has 4 nitrogen and oxygen atoms in total. The van der Waals surface area contributed by atoms with Gasteiger partial charge in [0.15, 0.2) is 11.6 Å². The minimum atomic E-state index is -0.520. The number of carbonyl (C=O) groups excluding carboxylic acids is 1. The topological polar surface area (TPSA) is 47.6 Å². The van der Waals surface area contributed by atoms with Gasteiger partial charge in [-0.2, -0.15) is 0 Å². The van der Waals surface area contributed by atoms with E-state index in [4.69, 9.17) is 21.1 Å². The molecule has 23 heavy (non-hydrogen) atoms. The number of para-hydroxylation sites is 1. The Morgan fingerprint density at radius 3 is 2.70 bits per heavy atom. The second kappa shape index (κ2) is 6.87. The maximum atomic E-state index is 14.1. The van der Waals surface area contributed by atoms with Crippen LogP contribution in [0.3, 0.4) is 0 Å². The molecule has 1 aliphatic rings. The van der Waals surface area contributed by atoms with Gasteiger partial charge in [0, 0.05) is 11.4 Å². The van der Waals surface area contributed by atoms with Gasteiger partial charge in [0.1, 0.15) is 12.4 Å². The summed E-state index contributed by atoms with van der Waals surface area (Å²) in [7, 11) is 0. The van der Waals surface area contributed by atoms with Gasteiger partial charge in [-0.1, -0.05) is 17.7 Å². The SMILES string of the molecule is O=C1CC[C@@H](COc2cccc(F)c2Oc2ccc(Cl)cc2)N1. The first-order chi connectivity index (χ1) is 11.1. The molecule has 1 atom stereocenters. The lowest BCUT2D eigenvalue weighted by Crippen LogP contribution is -2.30. The molecule has 6 heteroatoms. The lowest BCUT2D eigenvalue weighted by molar-refractivity contribution is -0.119. The molecule has 1 aliphatic heterocycles. The zero-order valence-electron chi connectivity index (χ0n) is 12.2. The molecule has 2 aromatic rings. The van der Waals surface area contributed by atoms with E-state index >= 15 is 0 Å². The molecule has 0 bridgehead atoms. The van der Waals surface area contributed by atoms with Crippen LogP contribution in [0.4, 0.5) is 4.39 Å². The van der Waals surface area contributed by atoms with E-state index < -0.39 is 5.82 Å². The van der Waals surface area contributed by atoms with Gasteiger partial charge in [0.2, 0.25) is 11.7 Å². The molecule has 0 aromatic heterocycles. The molecule has 0 radical (unpaired) electrons. The highest BCUT2D eigenvalue weighted by atomic mass is 35.5. The molecule has 1 amide bonds. The third kappa shape index (κ3) is 3.93. The monoisotopic (exact) mass is 335 g/mol. The molecule has 0 unspecified atom stereocenters. The Morgan fingerprint density at radius 1 is 1.22 bits per heavy atom. The first-order valence-corrected chi connectivity index (χ1v) is 7.64. The molecule has 1 heterocycles. The fourth-order valence-corrected chi connectivity index (χ4v) is 2.44. The third-order valence-electron chi connectivity index (χ3n) is 3.49. The van der Waals surface area contributed by atoms with Gasteiger partial charge in [-0.3, -0.25) is 4.79 Å². The molecule has 1 fully saturated rings. The van der Waals surface area contributed by atoms with E-state index in [1.807, 2.05) is 0 Å². The average molecular weight is 336 g/mol. The van der Waals surface area contributed by atoms with E-state index in [-0.39, 0.29) is 24.3 Å². The molecule has 0 spiro atoms. The van der Waals surface area contributed by atoms with Crippen LogP contribution in [0, 0.1) is 5.82 Å². The Morgan fingerprint density at radius 2 is 2.00 bits per heavy atom. The van der Waals surface area contributed by atoms with Gasteiger partial charge >= 0.3 is 0 Å². The van der Waals surface area contributed by atoms with Crippen molar-refractivity contribution in [2.75, 3.05) is 6.61 Å². The maximum Gasteiger partial charge on any atom is 0.220 e. The average Bonchev–Trinajstić information content (AvgIpc) is 2.95. The fraction of sp³-hybridized carbons (Fsp3) is 0.235. The maximum absolute atomic E-state index is 14.1. The Balaban J connectivity index is 1.73. The van der Waals surface area contributed by atoms with Crippen LogP contribution >= 0.6 is 11.6 Å². The quantitative estimate of drug-likeness (QED) is 0.900. The highest BCUT2D eigenvalue weighted by Crippen LogP contribution is 2.34. The summed E-state index contributed by atoms with van der Waals surface area (Å²) in [5, 5.41) is 3.37. The van der Waals surface area contributed by atoms with Crippen molar-refractivity contribution in [3.05, 3.63) is 53.3 Å². The number of benzene rings is 2. The smallest absolute Gasteiger partial charge is 0.220 e. The van der Waals surface area contributed by atoms with Crippen molar-refractivity contribution in [2.24, 2.45) is 0 Å². The van der Waals surface area contributed by atoms with Gasteiger partial charge in [-0.15, -0.1) is 0 Å². The Labute approximate surface area is 138 Å². The lowest BCUT2D eigenvalue weighted by Gasteiger charge is -2.15. The van der Waals surface area contributed by atoms with Gasteiger partial charge in [-0.05, 0) is 42.8 Å². The van der Waals surface area contributed by atoms with Crippen molar-refractivity contribution < 1.29 is 18.7 Å². The van der Waals surface area contributed by atoms with Crippen molar-refractivity contribution in [1.82, 2.24) is 5.32 Å². The number of hydrogen-bond acceptors (Lipinski definition) is 3. The van der Waals surface area contributed by atoms with Gasteiger partial charge < -0.3 is 14.8 Å². The summed E-state index contributed by atoms with van der Waals surface area (Å²) in [6.45, 7) is 0.270. The Bertz CT molecular complexity index is 705. The molecular weight excluding hydrogens is 321 g/mol. The van der Waals surface area contributed by atoms with Crippen molar-refractivity contribution >= 4 is 17.5 Å². The summed E-state index contributed by atoms with van der Waals surface area (Å²) >= 11 is 5.82. The second-order valence-electron chi connectivity index (χ2n) is 5.24. The van der Waals surface area contributed by atoms with Gasteiger partial charge in [-0.25, -0.2) is 4.39 Å². The van der Waals surface area contributed by atoms with Crippen LogP contribution in [-0.2, 0) is 4.79 Å². The van der Waals surface area contributed by atoms with Crippen molar-refractivity contribution in [2.45, 2.75) is 18.9 Å². The van der Waals surface area contributed by atoms with Crippen LogP contribution in [0.2, 0.25) is 5.02 Å². The van der Waals surface area contributed by atoms with Crippen LogP contribution in [0.5, 0.6) is 17.2 Å². The van der Waals surface area contributed by atoms with Crippen LogP contribution in [0.1, 0.15) is 12.8 Å². The summed E-state index contributed by atoms with van der Waals surface area (Å²) in [5.41, 5.74) is 0. The fourth-order valence-electron chi connectivity index (χ4n) is 2.31. The van der Waals surface area contributed by atoms with Crippen LogP contribution in [-0.4, -0.2) is 18.6 Å². The number of rotatable bonds is 5. The van der Waals surface area contributed by atoms with E-state index in [9.17, 15) is 9.18 Å². The number of hydrogen-bond donors (Lipinski definition) is 1. The van der Waals surface area contributed by atoms with E-state index in [2.05, 4.69) is 5.32 Å². The molecule has 3 rings (SSSR count). The van der Waals surface area contributed by atoms with E-state index in [1.54, 1.807) is 36.4 Å².